The Kier molecular flexibility index (Phi) is 3.78. The van der Waals surface area contributed by atoms with Crippen molar-refractivity contribution in [2.24, 2.45) is 0 Å². The van der Waals surface area contributed by atoms with Crippen LogP contribution in [0.4, 0.5) is 0 Å². The predicted octanol–water partition coefficient (Wildman–Crippen LogP) is 3.64. The van der Waals surface area contributed by atoms with Crippen LogP contribution in [0.2, 0.25) is 10.0 Å². The number of carbonyl (C=O) groups is 1. The summed E-state index contributed by atoms with van der Waals surface area (Å²) < 4.78 is 0. The molecule has 1 rings (SSSR count). The minimum absolute atomic E-state index is 0.237. The molecule has 0 spiro atoms. The summed E-state index contributed by atoms with van der Waals surface area (Å²) in [4.78, 5) is 10.9. The van der Waals surface area contributed by atoms with Gasteiger partial charge in [0.15, 0.2) is 0 Å². The molecule has 0 unspecified atom stereocenters. The summed E-state index contributed by atoms with van der Waals surface area (Å²) in [5.74, 6) is -0.966. The smallest absolute Gasteiger partial charge is 0.336 e. The summed E-state index contributed by atoms with van der Waals surface area (Å²) in [6.45, 7) is 1.96. The normalized spacial score (nSPS) is 10.2. The van der Waals surface area contributed by atoms with E-state index in [9.17, 15) is 4.79 Å². The number of rotatable bonds is 3. The number of benzene rings is 1. The highest BCUT2D eigenvalue weighted by molar-refractivity contribution is 6.42. The molecular weight excluding hydrogens is 223 g/mol. The quantitative estimate of drug-likeness (QED) is 0.865. The zero-order valence-electron chi connectivity index (χ0n) is 7.68. The van der Waals surface area contributed by atoms with Gasteiger partial charge >= 0.3 is 5.97 Å². The molecule has 0 aliphatic rings. The van der Waals surface area contributed by atoms with E-state index in [2.05, 4.69) is 0 Å². The van der Waals surface area contributed by atoms with Gasteiger partial charge in [0.05, 0.1) is 15.6 Å². The van der Waals surface area contributed by atoms with Gasteiger partial charge in [-0.1, -0.05) is 36.5 Å². The Balaban J connectivity index is 3.29. The Bertz CT molecular complexity index is 361. The molecule has 1 N–H and O–H groups in total. The average Bonchev–Trinajstić information content (AvgIpc) is 2.13. The summed E-state index contributed by atoms with van der Waals surface area (Å²) in [5, 5.41) is 9.66. The number of hydrogen-bond acceptors (Lipinski definition) is 1. The highest BCUT2D eigenvalue weighted by Gasteiger charge is 2.14. The fourth-order valence-electron chi connectivity index (χ4n) is 1.29. The maximum Gasteiger partial charge on any atom is 0.336 e. The van der Waals surface area contributed by atoms with Crippen molar-refractivity contribution in [3.8, 4) is 0 Å². The number of aromatic carboxylic acids is 1. The molecule has 14 heavy (non-hydrogen) atoms. The van der Waals surface area contributed by atoms with Crippen LogP contribution in [0.5, 0.6) is 0 Å². The van der Waals surface area contributed by atoms with E-state index in [4.69, 9.17) is 28.3 Å². The third kappa shape index (κ3) is 2.20. The van der Waals surface area contributed by atoms with Gasteiger partial charge in [-0.15, -0.1) is 0 Å². The first-order valence-corrected chi connectivity index (χ1v) is 5.03. The first-order valence-electron chi connectivity index (χ1n) is 4.28. The van der Waals surface area contributed by atoms with Crippen molar-refractivity contribution >= 4 is 29.2 Å². The van der Waals surface area contributed by atoms with Crippen LogP contribution in [0.3, 0.4) is 0 Å². The molecule has 0 aromatic heterocycles. The molecule has 0 saturated heterocycles. The van der Waals surface area contributed by atoms with Crippen LogP contribution in [-0.4, -0.2) is 11.1 Å². The van der Waals surface area contributed by atoms with Crippen molar-refractivity contribution in [1.29, 1.82) is 0 Å². The second kappa shape index (κ2) is 4.67. The summed E-state index contributed by atoms with van der Waals surface area (Å²) in [6.07, 6.45) is 1.46. The average molecular weight is 233 g/mol. The lowest BCUT2D eigenvalue weighted by Gasteiger charge is -2.08. The first kappa shape index (κ1) is 11.3. The zero-order chi connectivity index (χ0) is 10.7. The predicted molar refractivity (Wildman–Crippen MR) is 57.4 cm³/mol. The number of hydrogen-bond donors (Lipinski definition) is 1. The Morgan fingerprint density at radius 3 is 2.57 bits per heavy atom. The van der Waals surface area contributed by atoms with Crippen LogP contribution in [0, 0.1) is 0 Å². The second-order valence-electron chi connectivity index (χ2n) is 2.94. The molecule has 0 saturated carbocycles. The van der Waals surface area contributed by atoms with Gasteiger partial charge in [0.2, 0.25) is 0 Å². The summed E-state index contributed by atoms with van der Waals surface area (Å²) >= 11 is 11.7. The number of carboxylic acids is 1. The third-order valence-corrected chi connectivity index (χ3v) is 2.77. The van der Waals surface area contributed by atoms with Crippen LogP contribution < -0.4 is 0 Å². The molecule has 0 atom stereocenters. The fraction of sp³-hybridized carbons (Fsp3) is 0.300. The van der Waals surface area contributed by atoms with Crippen LogP contribution >= 0.6 is 23.2 Å². The van der Waals surface area contributed by atoms with E-state index in [-0.39, 0.29) is 5.56 Å². The van der Waals surface area contributed by atoms with Crippen LogP contribution in [0.1, 0.15) is 29.3 Å². The molecule has 0 heterocycles. The summed E-state index contributed by atoms with van der Waals surface area (Å²) in [7, 11) is 0. The van der Waals surface area contributed by atoms with Gasteiger partial charge in [0.25, 0.3) is 0 Å². The monoisotopic (exact) mass is 232 g/mol. The van der Waals surface area contributed by atoms with Crippen LogP contribution in [0.25, 0.3) is 0 Å². The fourth-order valence-corrected chi connectivity index (χ4v) is 1.72. The van der Waals surface area contributed by atoms with Crippen molar-refractivity contribution in [3.63, 3.8) is 0 Å². The molecule has 0 aliphatic heterocycles. The Morgan fingerprint density at radius 1 is 1.43 bits per heavy atom. The van der Waals surface area contributed by atoms with Gasteiger partial charge in [0, 0.05) is 0 Å². The molecule has 0 aliphatic carbocycles. The summed E-state index contributed by atoms with van der Waals surface area (Å²) in [6, 6.07) is 2.99. The molecule has 4 heteroatoms. The molecule has 0 radical (unpaired) electrons. The van der Waals surface area contributed by atoms with E-state index in [1.54, 1.807) is 0 Å². The molecular formula is C10H10Cl2O2. The maximum absolute atomic E-state index is 10.9. The van der Waals surface area contributed by atoms with E-state index in [0.29, 0.717) is 22.0 Å². The lowest BCUT2D eigenvalue weighted by Crippen LogP contribution is -2.03. The highest BCUT2D eigenvalue weighted by atomic mass is 35.5. The maximum atomic E-state index is 10.9. The Labute approximate surface area is 92.5 Å². The molecule has 2 nitrogen and oxygen atoms in total. The lowest BCUT2D eigenvalue weighted by molar-refractivity contribution is 0.0695. The van der Waals surface area contributed by atoms with E-state index in [1.165, 1.54) is 12.1 Å². The molecule has 76 valence electrons. The SMILES string of the molecule is CCCc1c(C(=O)O)ccc(Cl)c1Cl. The lowest BCUT2D eigenvalue weighted by atomic mass is 10.0. The minimum atomic E-state index is -0.966. The Hall–Kier alpha value is -0.730. The van der Waals surface area contributed by atoms with Crippen molar-refractivity contribution < 1.29 is 9.90 Å². The Morgan fingerprint density at radius 2 is 2.07 bits per heavy atom. The van der Waals surface area contributed by atoms with Gasteiger partial charge in [-0.05, 0) is 24.1 Å². The summed E-state index contributed by atoms with van der Waals surface area (Å²) in [5.41, 5.74) is 0.857. The second-order valence-corrected chi connectivity index (χ2v) is 3.73. The van der Waals surface area contributed by atoms with Crippen LogP contribution in [0.15, 0.2) is 12.1 Å². The standard InChI is InChI=1S/C10H10Cl2O2/c1-2-3-6-7(10(13)14)4-5-8(11)9(6)12/h4-5H,2-3H2,1H3,(H,13,14). The van der Waals surface area contributed by atoms with Crippen molar-refractivity contribution in [3.05, 3.63) is 33.3 Å². The van der Waals surface area contributed by atoms with Gasteiger partial charge in [-0.2, -0.15) is 0 Å². The van der Waals surface area contributed by atoms with Gasteiger partial charge in [-0.3, -0.25) is 0 Å². The minimum Gasteiger partial charge on any atom is -0.478 e. The molecule has 0 amide bonds. The van der Waals surface area contributed by atoms with Crippen molar-refractivity contribution in [2.45, 2.75) is 19.8 Å². The molecule has 1 aromatic rings. The highest BCUT2D eigenvalue weighted by Crippen LogP contribution is 2.29. The topological polar surface area (TPSA) is 37.3 Å². The molecule has 1 aromatic carbocycles. The van der Waals surface area contributed by atoms with E-state index in [1.807, 2.05) is 6.92 Å². The van der Waals surface area contributed by atoms with Gasteiger partial charge in [0.1, 0.15) is 0 Å². The number of halogens is 2. The van der Waals surface area contributed by atoms with E-state index < -0.39 is 5.97 Å². The van der Waals surface area contributed by atoms with E-state index in [0.717, 1.165) is 6.42 Å². The first-order chi connectivity index (χ1) is 6.57. The van der Waals surface area contributed by atoms with E-state index >= 15 is 0 Å². The number of carboxylic acid groups (broad SMARTS) is 1. The van der Waals surface area contributed by atoms with Gasteiger partial charge < -0.3 is 5.11 Å². The zero-order valence-corrected chi connectivity index (χ0v) is 9.19. The van der Waals surface area contributed by atoms with Crippen molar-refractivity contribution in [2.75, 3.05) is 0 Å². The third-order valence-electron chi connectivity index (χ3n) is 1.93. The molecule has 0 fully saturated rings. The van der Waals surface area contributed by atoms with Gasteiger partial charge in [-0.25, -0.2) is 4.79 Å². The van der Waals surface area contributed by atoms with Crippen LogP contribution in [-0.2, 0) is 6.42 Å². The van der Waals surface area contributed by atoms with Crippen molar-refractivity contribution in [1.82, 2.24) is 0 Å². The molecule has 0 bridgehead atoms. The largest absolute Gasteiger partial charge is 0.478 e.